The van der Waals surface area contributed by atoms with Crippen LogP contribution in [0.1, 0.15) is 5.56 Å². The van der Waals surface area contributed by atoms with Crippen molar-refractivity contribution in [3.05, 3.63) is 22.2 Å². The molecule has 0 radical (unpaired) electrons. The predicted octanol–water partition coefficient (Wildman–Crippen LogP) is 1.60. The van der Waals surface area contributed by atoms with Crippen LogP contribution >= 0.6 is 15.9 Å². The maximum Gasteiger partial charge on any atom is 0.114 e. The van der Waals surface area contributed by atoms with Gasteiger partial charge in [0, 0.05) is 11.5 Å². The van der Waals surface area contributed by atoms with Gasteiger partial charge < -0.3 is 0 Å². The summed E-state index contributed by atoms with van der Waals surface area (Å²) in [6, 6.07) is 5.63. The van der Waals surface area contributed by atoms with Gasteiger partial charge in [-0.3, -0.25) is 0 Å². The highest BCUT2D eigenvalue weighted by Gasteiger charge is 2.06. The summed E-state index contributed by atoms with van der Waals surface area (Å²) in [4.78, 5) is 0. The summed E-state index contributed by atoms with van der Waals surface area (Å²) in [6.45, 7) is 0. The van der Waals surface area contributed by atoms with Crippen molar-refractivity contribution in [2.75, 3.05) is 0 Å². The summed E-state index contributed by atoms with van der Waals surface area (Å²) in [5, 5.41) is 16.5. The fourth-order valence-corrected chi connectivity index (χ4v) is 1.56. The van der Waals surface area contributed by atoms with E-state index in [-0.39, 0.29) is 0 Å². The summed E-state index contributed by atoms with van der Waals surface area (Å²) in [5.41, 5.74) is 2.22. The molecule has 0 saturated heterocycles. The average molecular weight is 237 g/mol. The van der Waals surface area contributed by atoms with Crippen molar-refractivity contribution in [3.63, 3.8) is 0 Å². The van der Waals surface area contributed by atoms with Crippen LogP contribution in [0.5, 0.6) is 0 Å². The molecule has 0 aliphatic rings. The van der Waals surface area contributed by atoms with Gasteiger partial charge >= 0.3 is 0 Å². The second-order valence-electron chi connectivity index (χ2n) is 2.65. The van der Waals surface area contributed by atoms with Crippen LogP contribution in [0.4, 0.5) is 0 Å². The Balaban J connectivity index is 2.85. The summed E-state index contributed by atoms with van der Waals surface area (Å²) in [7, 11) is 1.81. The molecule has 2 rings (SSSR count). The van der Waals surface area contributed by atoms with Crippen LogP contribution in [0, 0.1) is 11.3 Å². The first-order valence-electron chi connectivity index (χ1n) is 3.61. The van der Waals surface area contributed by atoms with Gasteiger partial charge in [-0.15, -0.1) is 5.10 Å². The van der Waals surface area contributed by atoms with Crippen molar-refractivity contribution >= 4 is 27.0 Å². The molecule has 0 saturated carbocycles. The largest absolute Gasteiger partial charge is 0.248 e. The highest BCUT2D eigenvalue weighted by Crippen LogP contribution is 2.21. The van der Waals surface area contributed by atoms with Crippen molar-refractivity contribution < 1.29 is 0 Å². The van der Waals surface area contributed by atoms with Crippen LogP contribution in [0.25, 0.3) is 11.0 Å². The molecule has 0 atom stereocenters. The van der Waals surface area contributed by atoms with E-state index in [4.69, 9.17) is 5.26 Å². The number of halogens is 1. The molecule has 1 aromatic carbocycles. The van der Waals surface area contributed by atoms with Gasteiger partial charge in [0.2, 0.25) is 0 Å². The van der Waals surface area contributed by atoms with E-state index >= 15 is 0 Å². The third kappa shape index (κ3) is 1.19. The minimum Gasteiger partial charge on any atom is -0.248 e. The van der Waals surface area contributed by atoms with E-state index in [2.05, 4.69) is 32.3 Å². The molecule has 1 aromatic heterocycles. The monoisotopic (exact) mass is 236 g/mol. The van der Waals surface area contributed by atoms with Gasteiger partial charge in [-0.2, -0.15) is 5.26 Å². The number of aryl methyl sites for hydroxylation is 1. The number of aromatic nitrogens is 3. The number of hydrogen-bond acceptors (Lipinski definition) is 3. The summed E-state index contributed by atoms with van der Waals surface area (Å²) >= 11 is 3.31. The van der Waals surface area contributed by atoms with Gasteiger partial charge in [0.15, 0.2) is 0 Å². The lowest BCUT2D eigenvalue weighted by molar-refractivity contribution is 0.736. The fraction of sp³-hybridized carbons (Fsp3) is 0.125. The zero-order chi connectivity index (χ0) is 9.42. The van der Waals surface area contributed by atoms with Crippen molar-refractivity contribution in [3.8, 4) is 6.07 Å². The third-order valence-corrected chi connectivity index (χ3v) is 2.48. The van der Waals surface area contributed by atoms with E-state index in [1.807, 2.05) is 13.1 Å². The van der Waals surface area contributed by atoms with E-state index in [1.165, 1.54) is 0 Å². The van der Waals surface area contributed by atoms with Gasteiger partial charge in [-0.1, -0.05) is 5.21 Å². The van der Waals surface area contributed by atoms with Gasteiger partial charge in [0.05, 0.1) is 11.1 Å². The molecule has 0 amide bonds. The van der Waals surface area contributed by atoms with Crippen LogP contribution in [0.3, 0.4) is 0 Å². The molecule has 0 aliphatic carbocycles. The fourth-order valence-electron chi connectivity index (χ4n) is 1.14. The Kier molecular flexibility index (Phi) is 1.78. The van der Waals surface area contributed by atoms with Crippen molar-refractivity contribution in [1.82, 2.24) is 15.0 Å². The average Bonchev–Trinajstić information content (AvgIpc) is 2.47. The Labute approximate surface area is 82.9 Å². The first-order valence-corrected chi connectivity index (χ1v) is 4.40. The molecule has 0 aliphatic heterocycles. The van der Waals surface area contributed by atoms with E-state index in [9.17, 15) is 0 Å². The Morgan fingerprint density at radius 3 is 3.00 bits per heavy atom. The number of hydrogen-bond donors (Lipinski definition) is 0. The van der Waals surface area contributed by atoms with E-state index in [0.717, 1.165) is 15.5 Å². The Morgan fingerprint density at radius 1 is 1.54 bits per heavy atom. The molecule has 13 heavy (non-hydrogen) atoms. The predicted molar refractivity (Wildman–Crippen MR) is 50.9 cm³/mol. The number of nitrogens with zero attached hydrogens (tertiary/aromatic N) is 4. The molecule has 64 valence electrons. The molecule has 2 aromatic rings. The number of fused-ring (bicyclic) bond motifs is 1. The van der Waals surface area contributed by atoms with Gasteiger partial charge in [0.1, 0.15) is 11.6 Å². The minimum atomic E-state index is 0.577. The third-order valence-electron chi connectivity index (χ3n) is 1.82. The van der Waals surface area contributed by atoms with Gasteiger partial charge in [0.25, 0.3) is 0 Å². The molecule has 0 N–H and O–H groups in total. The summed E-state index contributed by atoms with van der Waals surface area (Å²) in [6.07, 6.45) is 0. The standard InChI is InChI=1S/C8H5BrN4/c1-13-8-3-6(9)5(4-10)2-7(8)11-12-13/h2-3H,1H3. The molecule has 0 spiro atoms. The first-order chi connectivity index (χ1) is 6.22. The second-order valence-corrected chi connectivity index (χ2v) is 3.50. The highest BCUT2D eigenvalue weighted by molar-refractivity contribution is 9.10. The van der Waals surface area contributed by atoms with E-state index in [1.54, 1.807) is 10.7 Å². The topological polar surface area (TPSA) is 54.5 Å². The zero-order valence-electron chi connectivity index (χ0n) is 6.82. The van der Waals surface area contributed by atoms with Gasteiger partial charge in [-0.05, 0) is 28.1 Å². The molecule has 4 nitrogen and oxygen atoms in total. The molecule has 0 bridgehead atoms. The minimum absolute atomic E-state index is 0.577. The molecule has 0 unspecified atom stereocenters. The normalized spacial score (nSPS) is 10.2. The highest BCUT2D eigenvalue weighted by atomic mass is 79.9. The van der Waals surface area contributed by atoms with Crippen LogP contribution in [0.2, 0.25) is 0 Å². The first kappa shape index (κ1) is 8.20. The lowest BCUT2D eigenvalue weighted by Crippen LogP contribution is -1.89. The molecular formula is C8H5BrN4. The van der Waals surface area contributed by atoms with Crippen LogP contribution in [-0.4, -0.2) is 15.0 Å². The SMILES string of the molecule is Cn1nnc2cc(C#N)c(Br)cc21. The molecule has 1 heterocycles. The molecule has 5 heteroatoms. The maximum atomic E-state index is 8.75. The Hall–Kier alpha value is -1.41. The second kappa shape index (κ2) is 2.82. The van der Waals surface area contributed by atoms with Crippen molar-refractivity contribution in [1.29, 1.82) is 5.26 Å². The lowest BCUT2D eigenvalue weighted by Gasteiger charge is -1.95. The van der Waals surface area contributed by atoms with Crippen LogP contribution in [0.15, 0.2) is 16.6 Å². The summed E-state index contributed by atoms with van der Waals surface area (Å²) < 4.78 is 2.44. The van der Waals surface area contributed by atoms with Crippen LogP contribution in [-0.2, 0) is 7.05 Å². The maximum absolute atomic E-state index is 8.75. The zero-order valence-corrected chi connectivity index (χ0v) is 8.41. The van der Waals surface area contributed by atoms with E-state index < -0.39 is 0 Å². The number of benzene rings is 1. The Morgan fingerprint density at radius 2 is 2.31 bits per heavy atom. The smallest absolute Gasteiger partial charge is 0.114 e. The molecule has 0 fully saturated rings. The number of nitriles is 1. The lowest BCUT2D eigenvalue weighted by atomic mass is 10.2. The van der Waals surface area contributed by atoms with Crippen molar-refractivity contribution in [2.45, 2.75) is 0 Å². The van der Waals surface area contributed by atoms with Gasteiger partial charge in [-0.25, -0.2) is 4.68 Å². The number of rotatable bonds is 0. The van der Waals surface area contributed by atoms with E-state index in [0.29, 0.717) is 5.56 Å². The Bertz CT molecular complexity index is 509. The van der Waals surface area contributed by atoms with Crippen LogP contribution < -0.4 is 0 Å². The molecular weight excluding hydrogens is 232 g/mol. The quantitative estimate of drug-likeness (QED) is 0.699. The van der Waals surface area contributed by atoms with Crippen molar-refractivity contribution in [2.24, 2.45) is 7.05 Å². The summed E-state index contributed by atoms with van der Waals surface area (Å²) in [5.74, 6) is 0.